The molecule has 1 fully saturated rings. The van der Waals surface area contributed by atoms with E-state index in [1.807, 2.05) is 54.8 Å². The second kappa shape index (κ2) is 8.68. The Morgan fingerprint density at radius 2 is 1.83 bits per heavy atom. The summed E-state index contributed by atoms with van der Waals surface area (Å²) in [5.74, 6) is 1.67. The SMILES string of the molecule is Cc1occc1-c1nnc(SC(C)C(=O)N2C(C)CCCC2C)n1-c1ccccc1. The molecule has 3 heterocycles. The van der Waals surface area contributed by atoms with E-state index in [2.05, 4.69) is 28.9 Å². The number of hydrogen-bond donors (Lipinski definition) is 0. The monoisotopic (exact) mass is 424 g/mol. The third kappa shape index (κ3) is 3.90. The maximum Gasteiger partial charge on any atom is 0.236 e. The van der Waals surface area contributed by atoms with E-state index in [9.17, 15) is 4.79 Å². The number of thioether (sulfide) groups is 1. The Balaban J connectivity index is 1.67. The summed E-state index contributed by atoms with van der Waals surface area (Å²) in [6.07, 6.45) is 4.98. The number of amides is 1. The third-order valence-corrected chi connectivity index (χ3v) is 6.86. The molecule has 3 atom stereocenters. The molecule has 1 amide bonds. The van der Waals surface area contributed by atoms with E-state index in [1.54, 1.807) is 6.26 Å². The van der Waals surface area contributed by atoms with Crippen LogP contribution in [0.5, 0.6) is 0 Å². The smallest absolute Gasteiger partial charge is 0.236 e. The highest BCUT2D eigenvalue weighted by Gasteiger charge is 2.33. The Labute approximate surface area is 181 Å². The van der Waals surface area contributed by atoms with Crippen molar-refractivity contribution in [2.45, 2.75) is 69.4 Å². The van der Waals surface area contributed by atoms with E-state index >= 15 is 0 Å². The van der Waals surface area contributed by atoms with E-state index in [0.29, 0.717) is 11.0 Å². The van der Waals surface area contributed by atoms with Gasteiger partial charge in [-0.15, -0.1) is 10.2 Å². The van der Waals surface area contributed by atoms with Crippen LogP contribution >= 0.6 is 11.8 Å². The molecule has 0 N–H and O–H groups in total. The minimum Gasteiger partial charge on any atom is -0.469 e. The summed E-state index contributed by atoms with van der Waals surface area (Å²) in [4.78, 5) is 15.4. The van der Waals surface area contributed by atoms with Gasteiger partial charge in [0.1, 0.15) is 5.76 Å². The minimum atomic E-state index is -0.252. The highest BCUT2D eigenvalue weighted by Crippen LogP contribution is 2.33. The second-order valence-corrected chi connectivity index (χ2v) is 9.31. The first-order valence-electron chi connectivity index (χ1n) is 10.5. The fourth-order valence-corrected chi connectivity index (χ4v) is 5.15. The van der Waals surface area contributed by atoms with Gasteiger partial charge in [0.2, 0.25) is 5.91 Å². The van der Waals surface area contributed by atoms with Crippen molar-refractivity contribution in [2.24, 2.45) is 0 Å². The molecule has 2 aromatic heterocycles. The van der Waals surface area contributed by atoms with E-state index < -0.39 is 0 Å². The van der Waals surface area contributed by atoms with Crippen molar-refractivity contribution < 1.29 is 9.21 Å². The van der Waals surface area contributed by atoms with E-state index in [-0.39, 0.29) is 23.2 Å². The molecule has 3 aromatic rings. The largest absolute Gasteiger partial charge is 0.469 e. The van der Waals surface area contributed by atoms with Crippen molar-refractivity contribution in [3.05, 3.63) is 48.4 Å². The molecule has 0 aliphatic carbocycles. The van der Waals surface area contributed by atoms with Crippen molar-refractivity contribution in [2.75, 3.05) is 0 Å². The lowest BCUT2D eigenvalue weighted by Gasteiger charge is -2.40. The van der Waals surface area contributed by atoms with Crippen LogP contribution in [0.3, 0.4) is 0 Å². The first-order chi connectivity index (χ1) is 14.5. The number of hydrogen-bond acceptors (Lipinski definition) is 5. The molecule has 4 rings (SSSR count). The summed E-state index contributed by atoms with van der Waals surface area (Å²) >= 11 is 1.46. The van der Waals surface area contributed by atoms with Gasteiger partial charge in [-0.2, -0.15) is 0 Å². The Bertz CT molecular complexity index is 1000. The predicted molar refractivity (Wildman–Crippen MR) is 119 cm³/mol. The van der Waals surface area contributed by atoms with Crippen LogP contribution in [-0.4, -0.2) is 42.9 Å². The lowest BCUT2D eigenvalue weighted by atomic mass is 9.97. The van der Waals surface area contributed by atoms with Crippen LogP contribution < -0.4 is 0 Å². The molecule has 1 saturated heterocycles. The van der Waals surface area contributed by atoms with Crippen LogP contribution in [0.25, 0.3) is 17.1 Å². The molecule has 0 saturated carbocycles. The molecule has 1 aromatic carbocycles. The van der Waals surface area contributed by atoms with Gasteiger partial charge in [-0.05, 0) is 65.2 Å². The fourth-order valence-electron chi connectivity index (χ4n) is 4.22. The maximum atomic E-state index is 13.3. The number of para-hydroxylation sites is 1. The van der Waals surface area contributed by atoms with Crippen molar-refractivity contribution in [1.29, 1.82) is 0 Å². The van der Waals surface area contributed by atoms with Crippen molar-refractivity contribution >= 4 is 17.7 Å². The number of rotatable bonds is 5. The number of piperidine rings is 1. The molecule has 7 heteroatoms. The molecular weight excluding hydrogens is 396 g/mol. The summed E-state index contributed by atoms with van der Waals surface area (Å²) in [7, 11) is 0. The van der Waals surface area contributed by atoms with Crippen LogP contribution in [0.1, 0.15) is 45.8 Å². The van der Waals surface area contributed by atoms with Gasteiger partial charge in [-0.1, -0.05) is 30.0 Å². The van der Waals surface area contributed by atoms with Gasteiger partial charge in [-0.25, -0.2) is 0 Å². The molecule has 1 aliphatic heterocycles. The summed E-state index contributed by atoms with van der Waals surface area (Å²) in [6.45, 7) is 8.18. The van der Waals surface area contributed by atoms with Gasteiger partial charge in [0.15, 0.2) is 11.0 Å². The second-order valence-electron chi connectivity index (χ2n) is 8.00. The molecule has 0 bridgehead atoms. The van der Waals surface area contributed by atoms with Crippen LogP contribution in [-0.2, 0) is 4.79 Å². The first kappa shape index (κ1) is 20.7. The molecule has 158 valence electrons. The number of furan rings is 1. The number of nitrogens with zero attached hydrogens (tertiary/aromatic N) is 4. The molecule has 0 spiro atoms. The zero-order valence-electron chi connectivity index (χ0n) is 17.9. The van der Waals surface area contributed by atoms with E-state index in [1.165, 1.54) is 18.2 Å². The normalized spacial score (nSPS) is 20.3. The minimum absolute atomic E-state index is 0.170. The summed E-state index contributed by atoms with van der Waals surface area (Å²) in [5, 5.41) is 9.37. The van der Waals surface area contributed by atoms with Gasteiger partial charge in [0.05, 0.1) is 17.1 Å². The van der Waals surface area contributed by atoms with E-state index in [0.717, 1.165) is 29.9 Å². The lowest BCUT2D eigenvalue weighted by Crippen LogP contribution is -2.50. The first-order valence-corrected chi connectivity index (χ1v) is 11.4. The predicted octanol–water partition coefficient (Wildman–Crippen LogP) is 5.11. The molecule has 3 unspecified atom stereocenters. The fraction of sp³-hybridized carbons (Fsp3) is 0.435. The zero-order chi connectivity index (χ0) is 21.3. The van der Waals surface area contributed by atoms with Crippen LogP contribution in [0.15, 0.2) is 52.2 Å². The van der Waals surface area contributed by atoms with Gasteiger partial charge >= 0.3 is 0 Å². The van der Waals surface area contributed by atoms with E-state index in [4.69, 9.17) is 4.42 Å². The summed E-state index contributed by atoms with van der Waals surface area (Å²) in [5.41, 5.74) is 1.86. The number of likely N-dealkylation sites (tertiary alicyclic amines) is 1. The topological polar surface area (TPSA) is 64.2 Å². The van der Waals surface area contributed by atoms with Crippen LogP contribution in [0.4, 0.5) is 0 Å². The highest BCUT2D eigenvalue weighted by atomic mass is 32.2. The average molecular weight is 425 g/mol. The van der Waals surface area contributed by atoms with Gasteiger partial charge in [0, 0.05) is 17.8 Å². The quantitative estimate of drug-likeness (QED) is 0.533. The molecule has 0 radical (unpaired) electrons. The highest BCUT2D eigenvalue weighted by molar-refractivity contribution is 8.00. The zero-order valence-corrected chi connectivity index (χ0v) is 18.7. The number of carbonyl (C=O) groups is 1. The van der Waals surface area contributed by atoms with Crippen LogP contribution in [0.2, 0.25) is 0 Å². The maximum absolute atomic E-state index is 13.3. The number of benzene rings is 1. The van der Waals surface area contributed by atoms with Gasteiger partial charge in [0.25, 0.3) is 0 Å². The molecule has 6 nitrogen and oxygen atoms in total. The van der Waals surface area contributed by atoms with Gasteiger partial charge < -0.3 is 9.32 Å². The Hall–Kier alpha value is -2.54. The van der Waals surface area contributed by atoms with Crippen molar-refractivity contribution in [3.8, 4) is 17.1 Å². The van der Waals surface area contributed by atoms with Crippen LogP contribution in [0, 0.1) is 6.92 Å². The number of aryl methyl sites for hydroxylation is 1. The Kier molecular flexibility index (Phi) is 5.99. The average Bonchev–Trinajstić information content (AvgIpc) is 3.34. The Morgan fingerprint density at radius 1 is 1.13 bits per heavy atom. The molecule has 1 aliphatic rings. The summed E-state index contributed by atoms with van der Waals surface area (Å²) < 4.78 is 7.50. The van der Waals surface area contributed by atoms with Gasteiger partial charge in [-0.3, -0.25) is 9.36 Å². The summed E-state index contributed by atoms with van der Waals surface area (Å²) in [6, 6.07) is 12.5. The van der Waals surface area contributed by atoms with Crippen molar-refractivity contribution in [3.63, 3.8) is 0 Å². The molecular formula is C23H28N4O2S. The standard InChI is InChI=1S/C23H28N4O2S/c1-15-9-8-10-16(2)26(15)22(28)18(4)30-23-25-24-21(20-13-14-29-17(20)3)27(23)19-11-6-5-7-12-19/h5-7,11-16,18H,8-10H2,1-4H3. The Morgan fingerprint density at radius 3 is 2.47 bits per heavy atom. The molecule has 30 heavy (non-hydrogen) atoms. The number of carbonyl (C=O) groups excluding carboxylic acids is 1. The third-order valence-electron chi connectivity index (χ3n) is 5.83. The van der Waals surface area contributed by atoms with Crippen molar-refractivity contribution in [1.82, 2.24) is 19.7 Å². The lowest BCUT2D eigenvalue weighted by molar-refractivity contribution is -0.136. The number of aromatic nitrogens is 3.